The largest absolute Gasteiger partial charge is 0.450 e. The number of fused-ring (bicyclic) bond motifs is 1. The predicted molar refractivity (Wildman–Crippen MR) is 120 cm³/mol. The SMILES string of the molecule is CCOC(=O)N1CCN(Cc2nc3c(c(=O)[nH]c(=O)n3C)n2Cc2ccc(C)cc2)CC1. The van der Waals surface area contributed by atoms with Crippen molar-refractivity contribution in [2.24, 2.45) is 7.05 Å². The van der Waals surface area contributed by atoms with Gasteiger partial charge in [0.1, 0.15) is 5.82 Å². The number of hydrogen-bond donors (Lipinski definition) is 1. The number of aromatic amines is 1. The number of aryl methyl sites for hydroxylation is 2. The molecule has 2 aromatic heterocycles. The van der Waals surface area contributed by atoms with Crippen molar-refractivity contribution in [2.45, 2.75) is 26.9 Å². The Morgan fingerprint density at radius 2 is 1.78 bits per heavy atom. The van der Waals surface area contributed by atoms with E-state index < -0.39 is 11.2 Å². The zero-order valence-electron chi connectivity index (χ0n) is 18.6. The van der Waals surface area contributed by atoms with Crippen LogP contribution in [0.3, 0.4) is 0 Å². The molecule has 3 heterocycles. The van der Waals surface area contributed by atoms with E-state index in [1.165, 1.54) is 4.57 Å². The van der Waals surface area contributed by atoms with Crippen molar-refractivity contribution in [1.29, 1.82) is 0 Å². The third-order valence-electron chi connectivity index (χ3n) is 5.81. The van der Waals surface area contributed by atoms with Crippen LogP contribution in [-0.4, -0.2) is 67.8 Å². The summed E-state index contributed by atoms with van der Waals surface area (Å²) in [5.74, 6) is 0.705. The van der Waals surface area contributed by atoms with Crippen LogP contribution in [0.1, 0.15) is 23.9 Å². The van der Waals surface area contributed by atoms with Crippen LogP contribution in [0.2, 0.25) is 0 Å². The molecule has 0 atom stereocenters. The fourth-order valence-electron chi connectivity index (χ4n) is 3.95. The van der Waals surface area contributed by atoms with Gasteiger partial charge in [-0.15, -0.1) is 0 Å². The molecule has 0 saturated carbocycles. The van der Waals surface area contributed by atoms with Gasteiger partial charge in [0, 0.05) is 39.8 Å². The minimum atomic E-state index is -0.489. The fourth-order valence-corrected chi connectivity index (χ4v) is 3.95. The van der Waals surface area contributed by atoms with Gasteiger partial charge in [-0.1, -0.05) is 29.8 Å². The maximum absolute atomic E-state index is 12.7. The molecule has 1 saturated heterocycles. The van der Waals surface area contributed by atoms with Crippen molar-refractivity contribution in [3.05, 3.63) is 62.1 Å². The van der Waals surface area contributed by atoms with Crippen LogP contribution < -0.4 is 11.2 Å². The Kier molecular flexibility index (Phi) is 6.13. The summed E-state index contributed by atoms with van der Waals surface area (Å²) in [7, 11) is 1.60. The van der Waals surface area contributed by atoms with E-state index in [4.69, 9.17) is 4.74 Å². The van der Waals surface area contributed by atoms with Crippen LogP contribution >= 0.6 is 0 Å². The minimum absolute atomic E-state index is 0.291. The van der Waals surface area contributed by atoms with Crippen LogP contribution in [0, 0.1) is 6.92 Å². The number of nitrogens with zero attached hydrogens (tertiary/aromatic N) is 5. The van der Waals surface area contributed by atoms with Gasteiger partial charge < -0.3 is 14.2 Å². The smallest absolute Gasteiger partial charge is 0.409 e. The Morgan fingerprint density at radius 3 is 2.44 bits per heavy atom. The van der Waals surface area contributed by atoms with Gasteiger partial charge >= 0.3 is 11.8 Å². The highest BCUT2D eigenvalue weighted by atomic mass is 16.6. The first-order valence-electron chi connectivity index (χ1n) is 10.8. The van der Waals surface area contributed by atoms with Crippen molar-refractivity contribution in [3.8, 4) is 0 Å². The molecule has 0 aliphatic carbocycles. The van der Waals surface area contributed by atoms with Crippen LogP contribution in [0.25, 0.3) is 11.2 Å². The van der Waals surface area contributed by atoms with E-state index in [-0.39, 0.29) is 6.09 Å². The van der Waals surface area contributed by atoms with Gasteiger partial charge in [0.05, 0.1) is 13.2 Å². The van der Waals surface area contributed by atoms with Crippen LogP contribution in [-0.2, 0) is 24.9 Å². The maximum atomic E-state index is 12.7. The number of carbonyl (C=O) groups is 1. The van der Waals surface area contributed by atoms with Gasteiger partial charge in [-0.05, 0) is 19.4 Å². The van der Waals surface area contributed by atoms with E-state index in [2.05, 4.69) is 14.9 Å². The molecule has 1 N–H and O–H groups in total. The summed E-state index contributed by atoms with van der Waals surface area (Å²) in [4.78, 5) is 47.7. The van der Waals surface area contributed by atoms with E-state index >= 15 is 0 Å². The summed E-state index contributed by atoms with van der Waals surface area (Å²) in [6, 6.07) is 8.11. The number of amides is 1. The highest BCUT2D eigenvalue weighted by Gasteiger charge is 2.24. The average molecular weight is 441 g/mol. The van der Waals surface area contributed by atoms with Crippen molar-refractivity contribution in [2.75, 3.05) is 32.8 Å². The lowest BCUT2D eigenvalue weighted by atomic mass is 10.1. The molecule has 3 aromatic rings. The number of rotatable bonds is 5. The van der Waals surface area contributed by atoms with Crippen LogP contribution in [0.15, 0.2) is 33.9 Å². The monoisotopic (exact) mass is 440 g/mol. The van der Waals surface area contributed by atoms with Crippen LogP contribution in [0.5, 0.6) is 0 Å². The van der Waals surface area contributed by atoms with Gasteiger partial charge in [0.15, 0.2) is 11.2 Å². The second-order valence-electron chi connectivity index (χ2n) is 8.05. The van der Waals surface area contributed by atoms with Gasteiger partial charge in [-0.2, -0.15) is 0 Å². The van der Waals surface area contributed by atoms with E-state index in [1.807, 2.05) is 35.8 Å². The third kappa shape index (κ3) is 4.31. The molecular formula is C22H28N6O4. The van der Waals surface area contributed by atoms with Gasteiger partial charge in [-0.3, -0.25) is 19.2 Å². The molecule has 0 spiro atoms. The first-order chi connectivity index (χ1) is 15.4. The van der Waals surface area contributed by atoms with Crippen molar-refractivity contribution in [1.82, 2.24) is 28.9 Å². The van der Waals surface area contributed by atoms with E-state index in [0.29, 0.717) is 62.9 Å². The molecule has 10 nitrogen and oxygen atoms in total. The van der Waals surface area contributed by atoms with Crippen molar-refractivity contribution < 1.29 is 9.53 Å². The standard InChI is InChI=1S/C22H28N6O4/c1-4-32-22(31)27-11-9-26(10-12-27)14-17-23-19-18(20(29)24-21(30)25(19)3)28(17)13-16-7-5-15(2)6-8-16/h5-8H,4,9-14H2,1-3H3,(H,24,29,30). The first-order valence-corrected chi connectivity index (χ1v) is 10.8. The fraction of sp³-hybridized carbons (Fsp3) is 0.455. The Labute approximate surface area is 185 Å². The highest BCUT2D eigenvalue weighted by Crippen LogP contribution is 2.17. The quantitative estimate of drug-likeness (QED) is 0.636. The molecule has 32 heavy (non-hydrogen) atoms. The topological polar surface area (TPSA) is 105 Å². The number of nitrogens with one attached hydrogen (secondary N) is 1. The zero-order chi connectivity index (χ0) is 22.8. The summed E-state index contributed by atoms with van der Waals surface area (Å²) >= 11 is 0. The number of hydrogen-bond acceptors (Lipinski definition) is 6. The third-order valence-corrected chi connectivity index (χ3v) is 5.81. The van der Waals surface area contributed by atoms with Crippen LogP contribution in [0.4, 0.5) is 4.79 Å². The minimum Gasteiger partial charge on any atom is -0.450 e. The number of imidazole rings is 1. The number of ether oxygens (including phenoxy) is 1. The summed E-state index contributed by atoms with van der Waals surface area (Å²) in [5.41, 5.74) is 2.01. The summed E-state index contributed by atoms with van der Waals surface area (Å²) in [5, 5.41) is 0. The Hall–Kier alpha value is -3.40. The number of benzene rings is 1. The Balaban J connectivity index is 1.65. The second kappa shape index (κ2) is 8.99. The average Bonchev–Trinajstić information content (AvgIpc) is 3.13. The number of H-pyrrole nitrogens is 1. The highest BCUT2D eigenvalue weighted by molar-refractivity contribution is 5.71. The first kappa shape index (κ1) is 21.8. The molecule has 4 rings (SSSR count). The van der Waals surface area contributed by atoms with Gasteiger partial charge in [0.25, 0.3) is 5.56 Å². The molecule has 0 unspecified atom stereocenters. The molecule has 1 aromatic carbocycles. The molecule has 0 radical (unpaired) electrons. The summed E-state index contributed by atoms with van der Waals surface area (Å²) in [6.45, 7) is 7.62. The molecule has 0 bridgehead atoms. The molecule has 1 amide bonds. The molecule has 1 aliphatic heterocycles. The molecule has 1 aliphatic rings. The van der Waals surface area contributed by atoms with E-state index in [9.17, 15) is 14.4 Å². The lowest BCUT2D eigenvalue weighted by molar-refractivity contribution is 0.0769. The Bertz CT molecular complexity index is 1230. The molecule has 1 fully saturated rings. The molecule has 10 heteroatoms. The predicted octanol–water partition coefficient (Wildman–Crippen LogP) is 1.05. The maximum Gasteiger partial charge on any atom is 0.409 e. The van der Waals surface area contributed by atoms with E-state index in [1.54, 1.807) is 18.9 Å². The lowest BCUT2D eigenvalue weighted by Crippen LogP contribution is -2.48. The van der Waals surface area contributed by atoms with Gasteiger partial charge in [-0.25, -0.2) is 14.6 Å². The molecule has 170 valence electrons. The second-order valence-corrected chi connectivity index (χ2v) is 8.05. The van der Waals surface area contributed by atoms with Gasteiger partial charge in [0.2, 0.25) is 0 Å². The van der Waals surface area contributed by atoms with Crippen molar-refractivity contribution in [3.63, 3.8) is 0 Å². The normalized spacial score (nSPS) is 14.8. The Morgan fingerprint density at radius 1 is 1.09 bits per heavy atom. The number of piperazine rings is 1. The number of carbonyl (C=O) groups excluding carboxylic acids is 1. The summed E-state index contributed by atoms with van der Waals surface area (Å²) in [6.07, 6.45) is -0.291. The number of aromatic nitrogens is 4. The van der Waals surface area contributed by atoms with E-state index in [0.717, 1.165) is 11.1 Å². The summed E-state index contributed by atoms with van der Waals surface area (Å²) < 4.78 is 8.34. The molecular weight excluding hydrogens is 412 g/mol. The zero-order valence-corrected chi connectivity index (χ0v) is 18.6. The lowest BCUT2D eigenvalue weighted by Gasteiger charge is -2.33. The van der Waals surface area contributed by atoms with Crippen molar-refractivity contribution >= 4 is 17.3 Å².